The van der Waals surface area contributed by atoms with Gasteiger partial charge in [-0.05, 0) is 26.3 Å². The van der Waals surface area contributed by atoms with E-state index in [1.54, 1.807) is 0 Å². The number of hydrogen-bond donors (Lipinski definition) is 0. The van der Waals surface area contributed by atoms with Crippen molar-refractivity contribution >= 4 is 0 Å². The summed E-state index contributed by atoms with van der Waals surface area (Å²) in [6.45, 7) is 4.59. The zero-order chi connectivity index (χ0) is 8.81. The molecule has 0 saturated heterocycles. The highest BCUT2D eigenvalue weighted by Gasteiger charge is 2.05. The SMILES string of the molecule is CCOC(C)OC1=CC=CCC1. The van der Waals surface area contributed by atoms with E-state index in [2.05, 4.69) is 6.08 Å². The van der Waals surface area contributed by atoms with Crippen LogP contribution in [-0.4, -0.2) is 12.9 Å². The van der Waals surface area contributed by atoms with Crippen molar-refractivity contribution in [3.63, 3.8) is 0 Å². The largest absolute Gasteiger partial charge is 0.470 e. The van der Waals surface area contributed by atoms with Crippen molar-refractivity contribution in [2.24, 2.45) is 0 Å². The lowest BCUT2D eigenvalue weighted by Gasteiger charge is -2.17. The molecule has 0 bridgehead atoms. The topological polar surface area (TPSA) is 18.5 Å². The molecule has 0 fully saturated rings. The summed E-state index contributed by atoms with van der Waals surface area (Å²) >= 11 is 0. The minimum Gasteiger partial charge on any atom is -0.470 e. The Balaban J connectivity index is 2.29. The van der Waals surface area contributed by atoms with Gasteiger partial charge in [0.15, 0.2) is 6.29 Å². The van der Waals surface area contributed by atoms with Gasteiger partial charge in [-0.3, -0.25) is 0 Å². The van der Waals surface area contributed by atoms with Gasteiger partial charge in [-0.25, -0.2) is 0 Å². The van der Waals surface area contributed by atoms with Gasteiger partial charge < -0.3 is 9.47 Å². The highest BCUT2D eigenvalue weighted by atomic mass is 16.7. The fourth-order valence-corrected chi connectivity index (χ4v) is 1.16. The van der Waals surface area contributed by atoms with Gasteiger partial charge in [-0.2, -0.15) is 0 Å². The first-order chi connectivity index (χ1) is 5.83. The first-order valence-electron chi connectivity index (χ1n) is 4.47. The number of hydrogen-bond acceptors (Lipinski definition) is 2. The third-order valence-electron chi connectivity index (χ3n) is 1.69. The summed E-state index contributed by atoms with van der Waals surface area (Å²) in [7, 11) is 0. The molecule has 12 heavy (non-hydrogen) atoms. The summed E-state index contributed by atoms with van der Waals surface area (Å²) in [6, 6.07) is 0. The molecule has 2 nitrogen and oxygen atoms in total. The van der Waals surface area contributed by atoms with Gasteiger partial charge >= 0.3 is 0 Å². The van der Waals surface area contributed by atoms with E-state index in [4.69, 9.17) is 9.47 Å². The third kappa shape index (κ3) is 3.09. The molecule has 0 N–H and O–H groups in total. The summed E-state index contributed by atoms with van der Waals surface area (Å²) in [5.41, 5.74) is 0. The van der Waals surface area contributed by atoms with Crippen LogP contribution >= 0.6 is 0 Å². The average molecular weight is 168 g/mol. The second-order valence-electron chi connectivity index (χ2n) is 2.74. The fraction of sp³-hybridized carbons (Fsp3) is 0.600. The smallest absolute Gasteiger partial charge is 0.196 e. The Hall–Kier alpha value is -0.760. The van der Waals surface area contributed by atoms with Crippen LogP contribution in [-0.2, 0) is 9.47 Å². The Kier molecular flexibility index (Phi) is 3.88. The maximum Gasteiger partial charge on any atom is 0.196 e. The van der Waals surface area contributed by atoms with Crippen molar-refractivity contribution in [2.45, 2.75) is 33.0 Å². The molecule has 1 unspecified atom stereocenters. The molecule has 0 aromatic heterocycles. The van der Waals surface area contributed by atoms with E-state index in [-0.39, 0.29) is 6.29 Å². The number of allylic oxidation sites excluding steroid dienone is 4. The van der Waals surface area contributed by atoms with Gasteiger partial charge in [0, 0.05) is 13.0 Å². The lowest BCUT2D eigenvalue weighted by molar-refractivity contribution is -0.101. The Bertz CT molecular complexity index is 182. The van der Waals surface area contributed by atoms with Crippen LogP contribution in [0.3, 0.4) is 0 Å². The predicted molar refractivity (Wildman–Crippen MR) is 48.6 cm³/mol. The van der Waals surface area contributed by atoms with Crippen LogP contribution in [0.5, 0.6) is 0 Å². The molecule has 0 saturated carbocycles. The van der Waals surface area contributed by atoms with Gasteiger partial charge in [0.2, 0.25) is 0 Å². The van der Waals surface area contributed by atoms with Crippen LogP contribution < -0.4 is 0 Å². The summed E-state index contributed by atoms with van der Waals surface area (Å²) < 4.78 is 10.8. The molecule has 2 heteroatoms. The van der Waals surface area contributed by atoms with Crippen molar-refractivity contribution in [1.29, 1.82) is 0 Å². The second kappa shape index (κ2) is 4.99. The molecule has 0 heterocycles. The molecule has 1 rings (SSSR count). The average Bonchev–Trinajstić information content (AvgIpc) is 2.06. The zero-order valence-electron chi connectivity index (χ0n) is 7.75. The van der Waals surface area contributed by atoms with Crippen LogP contribution in [0.4, 0.5) is 0 Å². The monoisotopic (exact) mass is 168 g/mol. The lowest BCUT2D eigenvalue weighted by atomic mass is 10.2. The van der Waals surface area contributed by atoms with Crippen molar-refractivity contribution in [3.8, 4) is 0 Å². The minimum absolute atomic E-state index is 0.118. The summed E-state index contributed by atoms with van der Waals surface area (Å²) in [5.74, 6) is 1.03. The van der Waals surface area contributed by atoms with E-state index >= 15 is 0 Å². The Morgan fingerprint density at radius 3 is 3.00 bits per heavy atom. The van der Waals surface area contributed by atoms with Gasteiger partial charge in [0.25, 0.3) is 0 Å². The molecule has 1 aliphatic rings. The molecule has 1 atom stereocenters. The molecule has 1 aliphatic carbocycles. The van der Waals surface area contributed by atoms with E-state index in [9.17, 15) is 0 Å². The maximum atomic E-state index is 5.52. The highest BCUT2D eigenvalue weighted by molar-refractivity contribution is 5.12. The zero-order valence-corrected chi connectivity index (χ0v) is 7.75. The van der Waals surface area contributed by atoms with Crippen LogP contribution in [0.2, 0.25) is 0 Å². The molecule has 0 radical (unpaired) electrons. The lowest BCUT2D eigenvalue weighted by Crippen LogP contribution is -2.12. The van der Waals surface area contributed by atoms with Crippen molar-refractivity contribution in [2.75, 3.05) is 6.61 Å². The van der Waals surface area contributed by atoms with Crippen molar-refractivity contribution < 1.29 is 9.47 Å². The summed E-state index contributed by atoms with van der Waals surface area (Å²) in [6.07, 6.45) is 8.11. The molecular weight excluding hydrogens is 152 g/mol. The van der Waals surface area contributed by atoms with E-state index in [1.807, 2.05) is 26.0 Å². The Morgan fingerprint density at radius 2 is 2.42 bits per heavy atom. The van der Waals surface area contributed by atoms with Gasteiger partial charge in [-0.1, -0.05) is 12.2 Å². The molecule has 0 aromatic carbocycles. The normalized spacial score (nSPS) is 18.7. The minimum atomic E-state index is -0.118. The Morgan fingerprint density at radius 1 is 1.58 bits per heavy atom. The molecular formula is C10H16O2. The molecule has 0 aromatic rings. The molecule has 0 spiro atoms. The van der Waals surface area contributed by atoms with Gasteiger partial charge in [0.05, 0.1) is 5.76 Å². The number of rotatable bonds is 4. The quantitative estimate of drug-likeness (QED) is 0.601. The summed E-state index contributed by atoms with van der Waals surface area (Å²) in [5, 5.41) is 0. The van der Waals surface area contributed by atoms with Crippen LogP contribution in [0, 0.1) is 0 Å². The van der Waals surface area contributed by atoms with Crippen LogP contribution in [0.1, 0.15) is 26.7 Å². The molecule has 0 amide bonds. The summed E-state index contributed by atoms with van der Waals surface area (Å²) in [4.78, 5) is 0. The van der Waals surface area contributed by atoms with E-state index in [0.29, 0.717) is 6.61 Å². The fourth-order valence-electron chi connectivity index (χ4n) is 1.16. The third-order valence-corrected chi connectivity index (χ3v) is 1.69. The van der Waals surface area contributed by atoms with Gasteiger partial charge in [-0.15, -0.1) is 0 Å². The van der Waals surface area contributed by atoms with Gasteiger partial charge in [0.1, 0.15) is 0 Å². The maximum absolute atomic E-state index is 5.52. The van der Waals surface area contributed by atoms with E-state index in [1.165, 1.54) is 0 Å². The van der Waals surface area contributed by atoms with Crippen LogP contribution in [0.15, 0.2) is 24.0 Å². The highest BCUT2D eigenvalue weighted by Crippen LogP contribution is 2.15. The first-order valence-corrected chi connectivity index (χ1v) is 4.47. The van der Waals surface area contributed by atoms with Crippen molar-refractivity contribution in [1.82, 2.24) is 0 Å². The standard InChI is InChI=1S/C10H16O2/c1-3-11-9(2)12-10-7-5-4-6-8-10/h4-5,7,9H,3,6,8H2,1-2H3. The number of ether oxygens (including phenoxy) is 2. The Labute approximate surface area is 73.9 Å². The molecule has 68 valence electrons. The van der Waals surface area contributed by atoms with E-state index in [0.717, 1.165) is 18.6 Å². The first kappa shape index (κ1) is 9.33. The van der Waals surface area contributed by atoms with Crippen molar-refractivity contribution in [3.05, 3.63) is 24.0 Å². The molecule has 0 aliphatic heterocycles. The predicted octanol–water partition coefficient (Wildman–Crippen LogP) is 2.62. The van der Waals surface area contributed by atoms with Crippen LogP contribution in [0.25, 0.3) is 0 Å². The second-order valence-corrected chi connectivity index (χ2v) is 2.74. The van der Waals surface area contributed by atoms with E-state index < -0.39 is 0 Å².